The van der Waals surface area contributed by atoms with Gasteiger partial charge in [0.25, 0.3) is 5.91 Å². The van der Waals surface area contributed by atoms with E-state index >= 15 is 0 Å². The maximum absolute atomic E-state index is 14.0. The summed E-state index contributed by atoms with van der Waals surface area (Å²) in [7, 11) is 0. The molecule has 4 rings (SSSR count). The highest BCUT2D eigenvalue weighted by Crippen LogP contribution is 2.36. The van der Waals surface area contributed by atoms with Crippen molar-refractivity contribution in [2.24, 2.45) is 15.9 Å². The van der Waals surface area contributed by atoms with Crippen molar-refractivity contribution in [1.82, 2.24) is 4.90 Å². The molecule has 0 saturated carbocycles. The summed E-state index contributed by atoms with van der Waals surface area (Å²) >= 11 is 1.11. The molecule has 1 N–H and O–H groups in total. The highest BCUT2D eigenvalue weighted by atomic mass is 32.2. The van der Waals surface area contributed by atoms with Crippen LogP contribution in [0.3, 0.4) is 0 Å². The fourth-order valence-electron chi connectivity index (χ4n) is 3.54. The van der Waals surface area contributed by atoms with Gasteiger partial charge in [0.1, 0.15) is 23.5 Å². The van der Waals surface area contributed by atoms with Gasteiger partial charge in [-0.25, -0.2) is 18.7 Å². The van der Waals surface area contributed by atoms with Crippen LogP contribution in [0.2, 0.25) is 0 Å². The van der Waals surface area contributed by atoms with Crippen LogP contribution in [0.1, 0.15) is 32.8 Å². The molecule has 0 unspecified atom stereocenters. The standard InChI is InChI=1S/C23H22F2N4O2S/c1-4-18(21(30)26-17-11-13(24)9-10-15(17)25)32-23-27-16-8-6-5-7-14(16)20-28-19(12(2)3)22(31)29(20)23/h5-12,18-19H,4H2,1-3H3,(H,26,30)/t18-,19+/m1/s1. The summed E-state index contributed by atoms with van der Waals surface area (Å²) in [6.45, 7) is 5.65. The number of hydrogen-bond acceptors (Lipinski definition) is 5. The summed E-state index contributed by atoms with van der Waals surface area (Å²) in [6, 6.07) is 9.73. The first-order valence-electron chi connectivity index (χ1n) is 10.3. The molecule has 0 radical (unpaired) electrons. The Morgan fingerprint density at radius 3 is 2.69 bits per heavy atom. The van der Waals surface area contributed by atoms with Crippen LogP contribution >= 0.6 is 11.8 Å². The fourth-order valence-corrected chi connectivity index (χ4v) is 4.56. The molecule has 2 aliphatic rings. The smallest absolute Gasteiger partial charge is 0.259 e. The van der Waals surface area contributed by atoms with Crippen molar-refractivity contribution in [3.05, 3.63) is 59.7 Å². The summed E-state index contributed by atoms with van der Waals surface area (Å²) in [4.78, 5) is 36.8. The van der Waals surface area contributed by atoms with Crippen LogP contribution in [0, 0.1) is 17.6 Å². The molecule has 32 heavy (non-hydrogen) atoms. The molecule has 0 bridgehead atoms. The molecule has 0 saturated heterocycles. The van der Waals surface area contributed by atoms with Crippen LogP contribution in [0.5, 0.6) is 0 Å². The lowest BCUT2D eigenvalue weighted by Crippen LogP contribution is -2.43. The Kier molecular flexibility index (Phi) is 6.10. The van der Waals surface area contributed by atoms with Crippen molar-refractivity contribution in [3.63, 3.8) is 0 Å². The number of nitrogens with one attached hydrogen (secondary N) is 1. The van der Waals surface area contributed by atoms with Crippen molar-refractivity contribution in [2.45, 2.75) is 38.5 Å². The van der Waals surface area contributed by atoms with Gasteiger partial charge in [-0.15, -0.1) is 0 Å². The third kappa shape index (κ3) is 4.04. The number of para-hydroxylation sites is 1. The third-order valence-corrected chi connectivity index (χ3v) is 6.54. The largest absolute Gasteiger partial charge is 0.323 e. The number of amides is 2. The minimum Gasteiger partial charge on any atom is -0.323 e. The zero-order valence-electron chi connectivity index (χ0n) is 17.8. The number of carbonyl (C=O) groups is 2. The highest BCUT2D eigenvalue weighted by molar-refractivity contribution is 8.15. The van der Waals surface area contributed by atoms with Crippen molar-refractivity contribution in [2.75, 3.05) is 5.32 Å². The van der Waals surface area contributed by atoms with E-state index < -0.39 is 28.8 Å². The van der Waals surface area contributed by atoms with Crippen molar-refractivity contribution < 1.29 is 18.4 Å². The van der Waals surface area contributed by atoms with E-state index in [4.69, 9.17) is 0 Å². The van der Waals surface area contributed by atoms with Crippen molar-refractivity contribution in [3.8, 4) is 0 Å². The lowest BCUT2D eigenvalue weighted by Gasteiger charge is -2.27. The molecule has 2 atom stereocenters. The first-order chi connectivity index (χ1) is 15.3. The minimum absolute atomic E-state index is 0.000218. The van der Waals surface area contributed by atoms with Gasteiger partial charge in [-0.05, 0) is 36.6 Å². The van der Waals surface area contributed by atoms with Gasteiger partial charge < -0.3 is 5.32 Å². The predicted octanol–water partition coefficient (Wildman–Crippen LogP) is 4.73. The maximum Gasteiger partial charge on any atom is 0.259 e. The Morgan fingerprint density at radius 2 is 1.97 bits per heavy atom. The summed E-state index contributed by atoms with van der Waals surface area (Å²) in [5.74, 6) is -1.56. The van der Waals surface area contributed by atoms with E-state index in [0.29, 0.717) is 23.1 Å². The molecule has 166 valence electrons. The molecule has 0 spiro atoms. The highest BCUT2D eigenvalue weighted by Gasteiger charge is 2.43. The Labute approximate surface area is 188 Å². The molecule has 2 aromatic rings. The van der Waals surface area contributed by atoms with E-state index in [1.807, 2.05) is 38.1 Å². The van der Waals surface area contributed by atoms with Crippen LogP contribution in [0.15, 0.2) is 52.4 Å². The SMILES string of the molecule is CC[C@@H](SC1=Nc2ccccc2C2=N[C@@H](C(C)C)C(=O)N12)C(=O)Nc1cc(F)ccc1F. The van der Waals surface area contributed by atoms with Gasteiger partial charge in [-0.2, -0.15) is 0 Å². The number of fused-ring (bicyclic) bond motifs is 3. The first kappa shape index (κ1) is 22.1. The number of rotatable bonds is 5. The van der Waals surface area contributed by atoms with Crippen molar-refractivity contribution >= 4 is 46.0 Å². The fraction of sp³-hybridized carbons (Fsp3) is 0.304. The normalized spacial score (nSPS) is 18.1. The molecule has 2 amide bonds. The third-order valence-electron chi connectivity index (χ3n) is 5.23. The zero-order chi connectivity index (χ0) is 23.0. The summed E-state index contributed by atoms with van der Waals surface area (Å²) < 4.78 is 27.5. The molecule has 6 nitrogen and oxygen atoms in total. The second-order valence-corrected chi connectivity index (χ2v) is 9.02. The molecule has 2 heterocycles. The number of hydrogen-bond donors (Lipinski definition) is 1. The Hall–Kier alpha value is -3.07. The molecule has 2 aromatic carbocycles. The quantitative estimate of drug-likeness (QED) is 0.707. The number of anilines is 1. The average Bonchev–Trinajstić information content (AvgIpc) is 3.12. The number of amidine groups is 2. The van der Waals surface area contributed by atoms with Crippen molar-refractivity contribution in [1.29, 1.82) is 0 Å². The molecular weight excluding hydrogens is 434 g/mol. The second-order valence-electron chi connectivity index (χ2n) is 7.85. The molecule has 2 aliphatic heterocycles. The number of thioether (sulfide) groups is 1. The number of carbonyl (C=O) groups excluding carboxylic acids is 2. The average molecular weight is 457 g/mol. The zero-order valence-corrected chi connectivity index (χ0v) is 18.6. The molecular formula is C23H22F2N4O2S. The van der Waals surface area contributed by atoms with Crippen LogP contribution in [0.4, 0.5) is 20.2 Å². The van der Waals surface area contributed by atoms with Gasteiger partial charge in [-0.3, -0.25) is 14.6 Å². The van der Waals surface area contributed by atoms with E-state index in [9.17, 15) is 18.4 Å². The van der Waals surface area contributed by atoms with Gasteiger partial charge in [-0.1, -0.05) is 44.7 Å². The Morgan fingerprint density at radius 1 is 1.22 bits per heavy atom. The first-order valence-corrected chi connectivity index (χ1v) is 11.2. The van der Waals surface area contributed by atoms with Gasteiger partial charge in [0.15, 0.2) is 5.17 Å². The summed E-state index contributed by atoms with van der Waals surface area (Å²) in [6.07, 6.45) is 0.385. The molecule has 0 fully saturated rings. The molecule has 0 aromatic heterocycles. The Balaban J connectivity index is 1.64. The monoisotopic (exact) mass is 456 g/mol. The van der Waals surface area contributed by atoms with E-state index in [2.05, 4.69) is 15.3 Å². The lowest BCUT2D eigenvalue weighted by atomic mass is 10.1. The minimum atomic E-state index is -0.729. The lowest BCUT2D eigenvalue weighted by molar-refractivity contribution is -0.125. The van der Waals surface area contributed by atoms with Gasteiger partial charge in [0.05, 0.1) is 16.6 Å². The van der Waals surface area contributed by atoms with Crippen LogP contribution < -0.4 is 5.32 Å². The number of nitrogens with zero attached hydrogens (tertiary/aromatic N) is 3. The van der Waals surface area contributed by atoms with E-state index in [1.54, 1.807) is 6.92 Å². The molecule has 9 heteroatoms. The van der Waals surface area contributed by atoms with Gasteiger partial charge in [0, 0.05) is 11.6 Å². The van der Waals surface area contributed by atoms with Crippen LogP contribution in [-0.2, 0) is 9.59 Å². The van der Waals surface area contributed by atoms with Crippen LogP contribution in [0.25, 0.3) is 0 Å². The van der Waals surface area contributed by atoms with E-state index in [-0.39, 0.29) is 17.5 Å². The molecule has 0 aliphatic carbocycles. The number of halogens is 2. The number of benzene rings is 2. The van der Waals surface area contributed by atoms with Gasteiger partial charge >= 0.3 is 0 Å². The summed E-state index contributed by atoms with van der Waals surface area (Å²) in [5.41, 5.74) is 1.19. The van der Waals surface area contributed by atoms with Gasteiger partial charge in [0.2, 0.25) is 5.91 Å². The van der Waals surface area contributed by atoms with E-state index in [1.165, 1.54) is 4.90 Å². The maximum atomic E-state index is 14.0. The number of aliphatic imine (C=N–C) groups is 2. The summed E-state index contributed by atoms with van der Waals surface area (Å²) in [5, 5.41) is 2.10. The Bertz CT molecular complexity index is 1150. The van der Waals surface area contributed by atoms with E-state index in [0.717, 1.165) is 35.5 Å². The van der Waals surface area contributed by atoms with Crippen LogP contribution in [-0.4, -0.2) is 39.0 Å². The predicted molar refractivity (Wildman–Crippen MR) is 122 cm³/mol. The second kappa shape index (κ2) is 8.82. The topological polar surface area (TPSA) is 74.1 Å².